The first kappa shape index (κ1) is 11.6. The Hall–Kier alpha value is -0.870. The number of hydrogen-bond acceptors (Lipinski definition) is 3. The zero-order valence-corrected chi connectivity index (χ0v) is 11.2. The van der Waals surface area contributed by atoms with Gasteiger partial charge in [0.25, 0.3) is 0 Å². The second-order valence-corrected chi connectivity index (χ2v) is 5.37. The number of hydrogen-bond donors (Lipinski definition) is 0. The fraction of sp³-hybridized carbons (Fsp3) is 0.455. The van der Waals surface area contributed by atoms with E-state index in [4.69, 9.17) is 11.6 Å². The lowest BCUT2D eigenvalue weighted by molar-refractivity contribution is 0.817. The molecule has 0 atom stereocenters. The number of nitrogens with zero attached hydrogens (tertiary/aromatic N) is 3. The molecule has 2 rings (SSSR count). The minimum atomic E-state index is 0.666. The zero-order valence-electron chi connectivity index (χ0n) is 9.62. The molecule has 0 bridgehead atoms. The van der Waals surface area contributed by atoms with E-state index >= 15 is 0 Å². The highest BCUT2D eigenvalue weighted by atomic mass is 35.5. The molecule has 0 radical (unpaired) electrons. The average molecular weight is 256 g/mol. The van der Waals surface area contributed by atoms with Gasteiger partial charge in [-0.15, -0.1) is 11.3 Å². The van der Waals surface area contributed by atoms with E-state index in [1.807, 2.05) is 11.6 Å². The number of aromatic nitrogens is 3. The topological polar surface area (TPSA) is 30.7 Å². The third-order valence-corrected chi connectivity index (χ3v) is 3.97. The Kier molecular flexibility index (Phi) is 3.30. The molecule has 0 aliphatic rings. The van der Waals surface area contributed by atoms with Crippen molar-refractivity contribution < 1.29 is 0 Å². The van der Waals surface area contributed by atoms with Gasteiger partial charge in [-0.1, -0.05) is 18.5 Å². The molecule has 0 aromatic carbocycles. The minimum absolute atomic E-state index is 0.666. The number of aryl methyl sites for hydroxylation is 2. The van der Waals surface area contributed by atoms with Gasteiger partial charge in [0, 0.05) is 11.9 Å². The normalized spacial score (nSPS) is 11.0. The molecule has 0 fully saturated rings. The summed E-state index contributed by atoms with van der Waals surface area (Å²) in [6.07, 6.45) is 3.43. The summed E-state index contributed by atoms with van der Waals surface area (Å²) >= 11 is 7.69. The van der Waals surface area contributed by atoms with Crippen LogP contribution < -0.4 is 0 Å². The fourth-order valence-electron chi connectivity index (χ4n) is 1.62. The highest BCUT2D eigenvalue weighted by molar-refractivity contribution is 7.11. The van der Waals surface area contributed by atoms with Crippen LogP contribution in [0.1, 0.15) is 28.3 Å². The van der Waals surface area contributed by atoms with E-state index in [1.54, 1.807) is 17.5 Å². The van der Waals surface area contributed by atoms with E-state index in [1.165, 1.54) is 10.6 Å². The third kappa shape index (κ3) is 2.13. The smallest absolute Gasteiger partial charge is 0.128 e. The molecular weight excluding hydrogens is 242 g/mol. The van der Waals surface area contributed by atoms with Gasteiger partial charge in [0.2, 0.25) is 0 Å². The molecular formula is C11H14ClN3S. The third-order valence-electron chi connectivity index (χ3n) is 2.61. The summed E-state index contributed by atoms with van der Waals surface area (Å²) in [6.45, 7) is 4.24. The van der Waals surface area contributed by atoms with E-state index in [2.05, 4.69) is 23.8 Å². The molecule has 2 heterocycles. The van der Waals surface area contributed by atoms with Crippen LogP contribution >= 0.6 is 22.9 Å². The highest BCUT2D eigenvalue weighted by Gasteiger charge is 2.10. The molecule has 16 heavy (non-hydrogen) atoms. The van der Waals surface area contributed by atoms with Gasteiger partial charge in [0.05, 0.1) is 18.3 Å². The second kappa shape index (κ2) is 4.55. The molecule has 0 aliphatic carbocycles. The van der Waals surface area contributed by atoms with Crippen molar-refractivity contribution in [2.24, 2.45) is 7.05 Å². The molecule has 5 heteroatoms. The van der Waals surface area contributed by atoms with Gasteiger partial charge in [0.15, 0.2) is 0 Å². The minimum Gasteiger partial charge on any atom is -0.322 e. The standard InChI is InChI=1S/C11H14ClN3S/c1-4-8-7(2)16-11(14-8)5-10-13-6-9(12)15(10)3/h6H,4-5H2,1-3H3. The predicted octanol–water partition coefficient (Wildman–Crippen LogP) is 2.99. The summed E-state index contributed by atoms with van der Waals surface area (Å²) in [5.74, 6) is 0.960. The van der Waals surface area contributed by atoms with Crippen LogP contribution in [0, 0.1) is 6.92 Å². The number of halogens is 1. The molecule has 0 amide bonds. The van der Waals surface area contributed by atoms with E-state index in [0.717, 1.165) is 23.7 Å². The van der Waals surface area contributed by atoms with Crippen LogP contribution in [0.3, 0.4) is 0 Å². The largest absolute Gasteiger partial charge is 0.322 e. The summed E-state index contributed by atoms with van der Waals surface area (Å²) in [5, 5.41) is 1.78. The maximum Gasteiger partial charge on any atom is 0.128 e. The quantitative estimate of drug-likeness (QED) is 0.844. The van der Waals surface area contributed by atoms with Crippen LogP contribution in [-0.2, 0) is 19.9 Å². The zero-order chi connectivity index (χ0) is 11.7. The Labute approximate surface area is 104 Å². The second-order valence-electron chi connectivity index (χ2n) is 3.70. The van der Waals surface area contributed by atoms with Gasteiger partial charge in [-0.05, 0) is 13.3 Å². The van der Waals surface area contributed by atoms with Crippen LogP contribution in [0.4, 0.5) is 0 Å². The van der Waals surface area contributed by atoms with Crippen molar-refractivity contribution >= 4 is 22.9 Å². The monoisotopic (exact) mass is 255 g/mol. The SMILES string of the molecule is CCc1nc(Cc2ncc(Cl)n2C)sc1C. The Morgan fingerprint density at radius 3 is 2.75 bits per heavy atom. The molecule has 86 valence electrons. The first-order valence-electron chi connectivity index (χ1n) is 5.23. The Bertz CT molecular complexity index is 501. The summed E-state index contributed by atoms with van der Waals surface area (Å²) in [4.78, 5) is 10.2. The van der Waals surface area contributed by atoms with Crippen molar-refractivity contribution in [3.8, 4) is 0 Å². The highest BCUT2D eigenvalue weighted by Crippen LogP contribution is 2.21. The van der Waals surface area contributed by atoms with Gasteiger partial charge in [-0.25, -0.2) is 9.97 Å². The number of rotatable bonds is 3. The summed E-state index contributed by atoms with van der Waals surface area (Å²) < 4.78 is 1.89. The molecule has 0 unspecified atom stereocenters. The Balaban J connectivity index is 2.23. The van der Waals surface area contributed by atoms with Crippen LogP contribution in [0.2, 0.25) is 5.15 Å². The molecule has 0 saturated carbocycles. The first-order valence-corrected chi connectivity index (χ1v) is 6.42. The molecule has 2 aromatic heterocycles. The molecule has 3 nitrogen and oxygen atoms in total. The molecule has 0 saturated heterocycles. The van der Waals surface area contributed by atoms with Crippen molar-refractivity contribution in [1.82, 2.24) is 14.5 Å². The van der Waals surface area contributed by atoms with Gasteiger partial charge in [-0.3, -0.25) is 0 Å². The van der Waals surface area contributed by atoms with Crippen molar-refractivity contribution in [2.75, 3.05) is 0 Å². The summed E-state index contributed by atoms with van der Waals surface area (Å²) in [6, 6.07) is 0. The van der Waals surface area contributed by atoms with Crippen molar-refractivity contribution in [3.05, 3.63) is 32.8 Å². The van der Waals surface area contributed by atoms with Crippen LogP contribution in [-0.4, -0.2) is 14.5 Å². The average Bonchev–Trinajstić information content (AvgIpc) is 2.76. The van der Waals surface area contributed by atoms with Crippen LogP contribution in [0.5, 0.6) is 0 Å². The lowest BCUT2D eigenvalue weighted by Crippen LogP contribution is -1.99. The van der Waals surface area contributed by atoms with Gasteiger partial charge in [-0.2, -0.15) is 0 Å². The molecule has 0 N–H and O–H groups in total. The predicted molar refractivity (Wildman–Crippen MR) is 67.3 cm³/mol. The van der Waals surface area contributed by atoms with Crippen molar-refractivity contribution in [3.63, 3.8) is 0 Å². The lowest BCUT2D eigenvalue weighted by atomic mass is 10.3. The van der Waals surface area contributed by atoms with E-state index < -0.39 is 0 Å². The maximum atomic E-state index is 5.94. The van der Waals surface area contributed by atoms with Gasteiger partial charge in [0.1, 0.15) is 16.0 Å². The molecule has 0 spiro atoms. The summed E-state index contributed by atoms with van der Waals surface area (Å²) in [5.41, 5.74) is 1.19. The lowest BCUT2D eigenvalue weighted by Gasteiger charge is -1.99. The van der Waals surface area contributed by atoms with Crippen LogP contribution in [0.15, 0.2) is 6.20 Å². The van der Waals surface area contributed by atoms with Crippen molar-refractivity contribution in [1.29, 1.82) is 0 Å². The number of imidazole rings is 1. The van der Waals surface area contributed by atoms with Crippen LogP contribution in [0.25, 0.3) is 0 Å². The maximum absolute atomic E-state index is 5.94. The van der Waals surface area contributed by atoms with Crippen molar-refractivity contribution in [2.45, 2.75) is 26.7 Å². The van der Waals surface area contributed by atoms with E-state index in [-0.39, 0.29) is 0 Å². The van der Waals surface area contributed by atoms with E-state index in [0.29, 0.717) is 5.15 Å². The molecule has 0 aliphatic heterocycles. The fourth-order valence-corrected chi connectivity index (χ4v) is 2.78. The van der Waals surface area contributed by atoms with Gasteiger partial charge < -0.3 is 4.57 Å². The Morgan fingerprint density at radius 1 is 1.50 bits per heavy atom. The first-order chi connectivity index (χ1) is 7.61. The number of thiazole rings is 1. The van der Waals surface area contributed by atoms with E-state index in [9.17, 15) is 0 Å². The van der Waals surface area contributed by atoms with Gasteiger partial charge >= 0.3 is 0 Å². The summed E-state index contributed by atoms with van der Waals surface area (Å²) in [7, 11) is 1.92. The molecule has 2 aromatic rings. The Morgan fingerprint density at radius 2 is 2.25 bits per heavy atom.